The van der Waals surface area contributed by atoms with Gasteiger partial charge in [-0.05, 0) is 19.1 Å². The molecule has 3 rings (SSSR count). The number of aryl methyl sites for hydroxylation is 1. The predicted octanol–water partition coefficient (Wildman–Crippen LogP) is 3.59. The van der Waals surface area contributed by atoms with Gasteiger partial charge in [0.25, 0.3) is 0 Å². The topological polar surface area (TPSA) is 41.6 Å². The largest absolute Gasteiger partial charge is 0.346 e. The fourth-order valence-corrected chi connectivity index (χ4v) is 2.05. The van der Waals surface area contributed by atoms with Crippen LogP contribution in [0.15, 0.2) is 36.5 Å². The highest BCUT2D eigenvalue weighted by molar-refractivity contribution is 6.34. The Kier molecular flexibility index (Phi) is 2.34. The van der Waals surface area contributed by atoms with Gasteiger partial charge in [-0.2, -0.15) is 0 Å². The molecular weight excluding hydrogens is 234 g/mol. The summed E-state index contributed by atoms with van der Waals surface area (Å²) < 4.78 is 0. The maximum absolute atomic E-state index is 6.12. The standard InChI is InChI=1S/C13H10ClN3/c1-8-3-2-4-9(7-8)12-16-11(14)10-5-6-15-13(10)17-12/h2-7H,1H3,(H,15,16,17). The first kappa shape index (κ1) is 10.3. The second-order valence-corrected chi connectivity index (χ2v) is 4.31. The summed E-state index contributed by atoms with van der Waals surface area (Å²) in [6.07, 6.45) is 1.81. The average Bonchev–Trinajstić information content (AvgIpc) is 2.77. The minimum Gasteiger partial charge on any atom is -0.346 e. The van der Waals surface area contributed by atoms with Crippen LogP contribution in [-0.2, 0) is 0 Å². The van der Waals surface area contributed by atoms with E-state index in [1.165, 1.54) is 5.56 Å². The number of nitrogens with zero attached hydrogens (tertiary/aromatic N) is 2. The van der Waals surface area contributed by atoms with Gasteiger partial charge >= 0.3 is 0 Å². The molecule has 3 aromatic rings. The normalized spacial score (nSPS) is 10.9. The van der Waals surface area contributed by atoms with Crippen molar-refractivity contribution in [1.29, 1.82) is 0 Å². The molecule has 2 heterocycles. The first-order valence-electron chi connectivity index (χ1n) is 5.32. The van der Waals surface area contributed by atoms with Gasteiger partial charge in [0.2, 0.25) is 0 Å². The van der Waals surface area contributed by atoms with Gasteiger partial charge in [-0.15, -0.1) is 0 Å². The highest BCUT2D eigenvalue weighted by Gasteiger charge is 2.08. The lowest BCUT2D eigenvalue weighted by Crippen LogP contribution is -1.91. The van der Waals surface area contributed by atoms with E-state index >= 15 is 0 Å². The summed E-state index contributed by atoms with van der Waals surface area (Å²) in [5.74, 6) is 0.647. The summed E-state index contributed by atoms with van der Waals surface area (Å²) in [5.41, 5.74) is 2.92. The van der Waals surface area contributed by atoms with Crippen molar-refractivity contribution in [2.75, 3.05) is 0 Å². The van der Waals surface area contributed by atoms with Crippen molar-refractivity contribution in [3.63, 3.8) is 0 Å². The van der Waals surface area contributed by atoms with E-state index < -0.39 is 0 Å². The highest BCUT2D eigenvalue weighted by atomic mass is 35.5. The highest BCUT2D eigenvalue weighted by Crippen LogP contribution is 2.24. The number of halogens is 1. The van der Waals surface area contributed by atoms with Gasteiger partial charge in [-0.1, -0.05) is 35.4 Å². The quantitative estimate of drug-likeness (QED) is 0.664. The molecule has 0 fully saturated rings. The summed E-state index contributed by atoms with van der Waals surface area (Å²) in [6, 6.07) is 9.92. The van der Waals surface area contributed by atoms with Crippen LogP contribution in [-0.4, -0.2) is 15.0 Å². The van der Waals surface area contributed by atoms with E-state index in [2.05, 4.69) is 15.0 Å². The Labute approximate surface area is 103 Å². The minimum absolute atomic E-state index is 0.479. The molecule has 84 valence electrons. The van der Waals surface area contributed by atoms with E-state index in [4.69, 9.17) is 11.6 Å². The van der Waals surface area contributed by atoms with Gasteiger partial charge in [-0.25, -0.2) is 9.97 Å². The maximum atomic E-state index is 6.12. The Bertz CT molecular complexity index is 688. The lowest BCUT2D eigenvalue weighted by molar-refractivity contribution is 1.20. The molecule has 0 saturated carbocycles. The number of hydrogen-bond donors (Lipinski definition) is 1. The van der Waals surface area contributed by atoms with Gasteiger partial charge in [0.1, 0.15) is 10.8 Å². The molecule has 0 spiro atoms. The fourth-order valence-electron chi connectivity index (χ4n) is 1.82. The molecule has 1 N–H and O–H groups in total. The number of nitrogens with one attached hydrogen (secondary N) is 1. The van der Waals surface area contributed by atoms with E-state index in [9.17, 15) is 0 Å². The number of aromatic amines is 1. The summed E-state index contributed by atoms with van der Waals surface area (Å²) in [7, 11) is 0. The Morgan fingerprint density at radius 1 is 1.18 bits per heavy atom. The average molecular weight is 244 g/mol. The van der Waals surface area contributed by atoms with Crippen molar-refractivity contribution >= 4 is 22.6 Å². The van der Waals surface area contributed by atoms with Crippen LogP contribution in [0.2, 0.25) is 5.15 Å². The van der Waals surface area contributed by atoms with Crippen LogP contribution < -0.4 is 0 Å². The molecule has 0 aliphatic heterocycles. The third-order valence-corrected chi connectivity index (χ3v) is 2.93. The second kappa shape index (κ2) is 3.86. The second-order valence-electron chi connectivity index (χ2n) is 3.95. The summed E-state index contributed by atoms with van der Waals surface area (Å²) >= 11 is 6.12. The zero-order valence-corrected chi connectivity index (χ0v) is 9.99. The van der Waals surface area contributed by atoms with Crippen LogP contribution in [0.25, 0.3) is 22.4 Å². The van der Waals surface area contributed by atoms with E-state index in [1.54, 1.807) is 0 Å². The monoisotopic (exact) mass is 243 g/mol. The Balaban J connectivity index is 2.23. The smallest absolute Gasteiger partial charge is 0.163 e. The third-order valence-electron chi connectivity index (χ3n) is 2.65. The fraction of sp³-hybridized carbons (Fsp3) is 0.0769. The van der Waals surface area contributed by atoms with Crippen molar-refractivity contribution in [1.82, 2.24) is 15.0 Å². The van der Waals surface area contributed by atoms with Crippen LogP contribution in [0.3, 0.4) is 0 Å². The van der Waals surface area contributed by atoms with Crippen molar-refractivity contribution in [3.05, 3.63) is 47.2 Å². The van der Waals surface area contributed by atoms with Crippen LogP contribution in [0.4, 0.5) is 0 Å². The van der Waals surface area contributed by atoms with Crippen molar-refractivity contribution in [2.24, 2.45) is 0 Å². The molecule has 0 aliphatic rings. The summed E-state index contributed by atoms with van der Waals surface area (Å²) in [4.78, 5) is 11.8. The van der Waals surface area contributed by atoms with Gasteiger partial charge < -0.3 is 4.98 Å². The van der Waals surface area contributed by atoms with Gasteiger partial charge in [0.15, 0.2) is 5.82 Å². The Morgan fingerprint density at radius 2 is 2.06 bits per heavy atom. The van der Waals surface area contributed by atoms with Crippen LogP contribution in [0, 0.1) is 6.92 Å². The van der Waals surface area contributed by atoms with Crippen molar-refractivity contribution in [2.45, 2.75) is 6.92 Å². The molecule has 4 heteroatoms. The first-order valence-corrected chi connectivity index (χ1v) is 5.69. The Morgan fingerprint density at radius 3 is 2.88 bits per heavy atom. The number of hydrogen-bond acceptors (Lipinski definition) is 2. The van der Waals surface area contributed by atoms with Crippen LogP contribution in [0.5, 0.6) is 0 Å². The van der Waals surface area contributed by atoms with Gasteiger partial charge in [0, 0.05) is 11.8 Å². The van der Waals surface area contributed by atoms with Crippen molar-refractivity contribution < 1.29 is 0 Å². The molecule has 0 radical (unpaired) electrons. The number of aromatic nitrogens is 3. The predicted molar refractivity (Wildman–Crippen MR) is 69.1 cm³/mol. The lowest BCUT2D eigenvalue weighted by Gasteiger charge is -2.02. The van der Waals surface area contributed by atoms with E-state index in [0.29, 0.717) is 11.0 Å². The molecule has 17 heavy (non-hydrogen) atoms. The molecule has 0 aliphatic carbocycles. The molecule has 0 atom stereocenters. The minimum atomic E-state index is 0.479. The van der Waals surface area contributed by atoms with Gasteiger partial charge in [-0.3, -0.25) is 0 Å². The molecule has 0 bridgehead atoms. The summed E-state index contributed by atoms with van der Waals surface area (Å²) in [5, 5.41) is 1.33. The van der Waals surface area contributed by atoms with Crippen molar-refractivity contribution in [3.8, 4) is 11.4 Å². The Hall–Kier alpha value is -1.87. The molecular formula is C13H10ClN3. The molecule has 3 nitrogen and oxygen atoms in total. The third kappa shape index (κ3) is 1.78. The zero-order chi connectivity index (χ0) is 11.8. The number of rotatable bonds is 1. The molecule has 2 aromatic heterocycles. The lowest BCUT2D eigenvalue weighted by atomic mass is 10.1. The van der Waals surface area contributed by atoms with Crippen LogP contribution >= 0.6 is 11.6 Å². The van der Waals surface area contributed by atoms with E-state index in [-0.39, 0.29) is 0 Å². The summed E-state index contributed by atoms with van der Waals surface area (Å²) in [6.45, 7) is 2.04. The number of benzene rings is 1. The number of H-pyrrole nitrogens is 1. The van der Waals surface area contributed by atoms with Gasteiger partial charge in [0.05, 0.1) is 5.39 Å². The SMILES string of the molecule is Cc1cccc(-c2nc(Cl)c3cc[nH]c3n2)c1. The number of fused-ring (bicyclic) bond motifs is 1. The van der Waals surface area contributed by atoms with Crippen LogP contribution in [0.1, 0.15) is 5.56 Å². The van der Waals surface area contributed by atoms with E-state index in [1.807, 2.05) is 43.5 Å². The molecule has 0 unspecified atom stereocenters. The zero-order valence-electron chi connectivity index (χ0n) is 9.24. The molecule has 0 amide bonds. The van der Waals surface area contributed by atoms with E-state index in [0.717, 1.165) is 16.6 Å². The molecule has 0 saturated heterocycles. The molecule has 1 aromatic carbocycles. The first-order chi connectivity index (χ1) is 8.24. The maximum Gasteiger partial charge on any atom is 0.163 e.